The van der Waals surface area contributed by atoms with Crippen molar-refractivity contribution < 1.29 is 16.6 Å². The average Bonchev–Trinajstić information content (AvgIpc) is 3.10. The van der Waals surface area contributed by atoms with E-state index in [4.69, 9.17) is 10.4 Å². The van der Waals surface area contributed by atoms with E-state index in [-0.39, 0.29) is 6.17 Å². The van der Waals surface area contributed by atoms with E-state index in [1.54, 1.807) is 16.6 Å². The number of hydrogen-bond donors (Lipinski definition) is 1. The van der Waals surface area contributed by atoms with Crippen molar-refractivity contribution in [2.45, 2.75) is 177 Å². The number of piperidine rings is 1. The van der Waals surface area contributed by atoms with Crippen LogP contribution in [0.25, 0.3) is 16.0 Å². The molecule has 1 N–H and O–H groups in total. The molecule has 6 rings (SSSR count). The molecule has 251 valence electrons. The summed E-state index contributed by atoms with van der Waals surface area (Å²) < 4.78 is 0. The minimum atomic E-state index is 0.149. The molecule has 5 unspecified atom stereocenters. The van der Waals surface area contributed by atoms with Crippen LogP contribution in [0, 0.1) is 0 Å². The van der Waals surface area contributed by atoms with Crippen molar-refractivity contribution in [1.82, 2.24) is 5.32 Å². The second kappa shape index (κ2) is 22.1. The summed E-state index contributed by atoms with van der Waals surface area (Å²) in [6.07, 6.45) is 33.4. The molecule has 44 heavy (non-hydrogen) atoms. The van der Waals surface area contributed by atoms with E-state index < -0.39 is 0 Å². The Kier molecular flexibility index (Phi) is 18.3. The molecule has 0 aromatic rings. The summed E-state index contributed by atoms with van der Waals surface area (Å²) >= 11 is 4.64. The van der Waals surface area contributed by atoms with Crippen molar-refractivity contribution in [3.8, 4) is 0 Å². The third-order valence-corrected chi connectivity index (χ3v) is 10.1. The fourth-order valence-electron chi connectivity index (χ4n) is 7.56. The monoisotopic (exact) mass is 848 g/mol. The van der Waals surface area contributed by atoms with Crippen molar-refractivity contribution >= 4 is 13.6 Å². The van der Waals surface area contributed by atoms with E-state index in [9.17, 15) is 0 Å². The summed E-state index contributed by atoms with van der Waals surface area (Å²) in [6, 6.07) is 2.96. The van der Waals surface area contributed by atoms with Gasteiger partial charge in [0.1, 0.15) is 0 Å². The number of halogens is 1. The fraction of sp³-hybridized carbons (Fsp3) is 0.882. The van der Waals surface area contributed by atoms with Gasteiger partial charge in [0.25, 0.3) is 0 Å². The third-order valence-electron chi connectivity index (χ3n) is 10.1. The molecule has 0 aromatic carbocycles. The van der Waals surface area contributed by atoms with E-state index >= 15 is 0 Å². The molecule has 1 saturated heterocycles. The Hall–Kier alpha value is -0.524. The molecule has 4 saturated carbocycles. The van der Waals surface area contributed by atoms with Gasteiger partial charge in [-0.05, 0) is 57.1 Å². The van der Waals surface area contributed by atoms with Crippen LogP contribution in [0.5, 0.6) is 0 Å². The molecule has 0 bridgehead atoms. The van der Waals surface area contributed by atoms with Gasteiger partial charge < -0.3 is 26.4 Å². The van der Waals surface area contributed by atoms with E-state index in [1.165, 1.54) is 122 Å². The second-order valence-corrected chi connectivity index (χ2v) is 13.4. The number of azo groups is 2. The molecular weight excluding hydrogens is 791 g/mol. The number of nitrogens with one attached hydrogen (secondary N) is 1. The van der Waals surface area contributed by atoms with Gasteiger partial charge in [-0.1, -0.05) is 115 Å². The molecule has 0 amide bonds. The molecule has 2 aliphatic heterocycles. The predicted octanol–water partition coefficient (Wildman–Crippen LogP) is 10.6. The van der Waals surface area contributed by atoms with Gasteiger partial charge in [0.15, 0.2) is 0 Å². The maximum atomic E-state index is 5.16. The van der Waals surface area contributed by atoms with Gasteiger partial charge >= 0.3 is 30.2 Å². The van der Waals surface area contributed by atoms with Gasteiger partial charge in [0, 0.05) is 12.1 Å². The van der Waals surface area contributed by atoms with Crippen molar-refractivity contribution in [1.29, 1.82) is 0 Å². The molecule has 2 heterocycles. The van der Waals surface area contributed by atoms with E-state index in [2.05, 4.69) is 44.9 Å². The Bertz CT molecular complexity index is 881. The zero-order valence-electron chi connectivity index (χ0n) is 26.9. The third kappa shape index (κ3) is 13.3. The van der Waals surface area contributed by atoms with Gasteiger partial charge in [0.2, 0.25) is 0 Å². The van der Waals surface area contributed by atoms with Crippen molar-refractivity contribution in [3.63, 3.8) is 0 Å². The molecule has 10 heteroatoms. The molecule has 0 spiro atoms. The zero-order valence-corrected chi connectivity index (χ0v) is 31.0. The van der Waals surface area contributed by atoms with Crippen LogP contribution >= 0.6 is 13.6 Å². The van der Waals surface area contributed by atoms with Crippen LogP contribution in [0.4, 0.5) is 0 Å². The second-order valence-electron chi connectivity index (χ2n) is 13.4. The number of allylic oxidation sites excluding steroid dienone is 2. The Morgan fingerprint density at radius 2 is 1.39 bits per heavy atom. The van der Waals surface area contributed by atoms with E-state index in [0.29, 0.717) is 36.3 Å². The van der Waals surface area contributed by atoms with E-state index in [0.717, 1.165) is 31.8 Å². The molecule has 6 aliphatic rings. The summed E-state index contributed by atoms with van der Waals surface area (Å²) in [7, 11) is 0. The molecule has 5 fully saturated rings. The van der Waals surface area contributed by atoms with Crippen LogP contribution in [0.15, 0.2) is 44.5 Å². The van der Waals surface area contributed by atoms with E-state index in [1.807, 2.05) is 18.2 Å². The Balaban J connectivity index is 0.000000190. The molecule has 0 aromatic heterocycles. The van der Waals surface area contributed by atoms with Crippen LogP contribution < -0.4 is 5.32 Å². The SMILES string of the molecule is C1=CC[N-]C(N=NC2CCCCC2NC2CCCCC2)=C1.C1CCC([N-]C2CCCCC2N=NC2CCCC[N-]2)CC1.[Br][Os]. The average molecular weight is 848 g/mol. The maximum absolute atomic E-state index is 5.16. The standard InChI is InChI=1S/C17H30N4.C17H27N4.BrH.Os/c2*1-2-8-14(9-3-1)19-15-10-4-5-11-16(15)20-21-17-12-6-7-13-18-17;;/h14-17H,1-13H2;6-7,12,14-16,19H,1-5,8-11,13H2;1H;/q-2;-1;;+1/p-1. The van der Waals surface area contributed by atoms with Crippen molar-refractivity contribution in [3.05, 3.63) is 40.0 Å². The van der Waals surface area contributed by atoms with Crippen LogP contribution in [0.2, 0.25) is 0 Å². The fourth-order valence-corrected chi connectivity index (χ4v) is 7.56. The van der Waals surface area contributed by atoms with Crippen LogP contribution in [0.3, 0.4) is 0 Å². The first kappa shape index (κ1) is 36.3. The van der Waals surface area contributed by atoms with Crippen LogP contribution in [-0.2, 0) is 16.6 Å². The zero-order chi connectivity index (χ0) is 30.7. The minimum absolute atomic E-state index is 0.149. The Morgan fingerprint density at radius 3 is 2.11 bits per heavy atom. The predicted molar refractivity (Wildman–Crippen MR) is 182 cm³/mol. The van der Waals surface area contributed by atoms with Gasteiger partial charge in [-0.15, -0.1) is 18.6 Å². The van der Waals surface area contributed by atoms with Gasteiger partial charge in [-0.2, -0.15) is 5.11 Å². The Labute approximate surface area is 285 Å². The van der Waals surface area contributed by atoms with Crippen molar-refractivity contribution in [2.75, 3.05) is 13.1 Å². The number of rotatable bonds is 8. The van der Waals surface area contributed by atoms with Crippen LogP contribution in [-0.4, -0.2) is 55.5 Å². The van der Waals surface area contributed by atoms with Crippen LogP contribution in [0.1, 0.15) is 135 Å². The molecule has 4 aliphatic carbocycles. The molecule has 0 radical (unpaired) electrons. The first-order chi connectivity index (χ1) is 21.8. The van der Waals surface area contributed by atoms with Gasteiger partial charge in [0.05, 0.1) is 12.1 Å². The molecule has 5 atom stereocenters. The summed E-state index contributed by atoms with van der Waals surface area (Å²) in [4.78, 5) is 0. The Morgan fingerprint density at radius 1 is 0.705 bits per heavy atom. The molecule has 8 nitrogen and oxygen atoms in total. The summed E-state index contributed by atoms with van der Waals surface area (Å²) in [6.45, 7) is 1.71. The quantitative estimate of drug-likeness (QED) is 0.242. The molecular formula is C34H57BrN8Os-3. The first-order valence-corrected chi connectivity index (χ1v) is 23.5. The van der Waals surface area contributed by atoms with Crippen molar-refractivity contribution in [2.24, 2.45) is 20.5 Å². The normalized spacial score (nSPS) is 32.2. The number of hydrogen-bond acceptors (Lipinski definition) is 5. The van der Waals surface area contributed by atoms with Gasteiger partial charge in [-0.25, -0.2) is 5.11 Å². The van der Waals surface area contributed by atoms with Gasteiger partial charge in [-0.3, -0.25) is 5.11 Å². The summed E-state index contributed by atoms with van der Waals surface area (Å²) in [5.74, 6) is 0.777. The summed E-state index contributed by atoms with van der Waals surface area (Å²) in [5.41, 5.74) is 0. The summed E-state index contributed by atoms with van der Waals surface area (Å²) in [5, 5.41) is 36.2. The first-order valence-electron chi connectivity index (χ1n) is 17.9. The number of nitrogens with zero attached hydrogens (tertiary/aromatic N) is 7. The topological polar surface area (TPSA) is 104 Å².